The van der Waals surface area contributed by atoms with Crippen LogP contribution in [0.1, 0.15) is 43.6 Å². The average molecular weight is 315 g/mol. The molecule has 0 bridgehead atoms. The summed E-state index contributed by atoms with van der Waals surface area (Å²) < 4.78 is 27.2. The summed E-state index contributed by atoms with van der Waals surface area (Å²) in [5.74, 6) is 0.0263. The average Bonchev–Trinajstić information content (AvgIpc) is 2.39. The Morgan fingerprint density at radius 3 is 2.33 bits per heavy atom. The van der Waals surface area contributed by atoms with Gasteiger partial charge in [-0.15, -0.1) is 0 Å². The topological polar surface area (TPSA) is 72.5 Å². The monoisotopic (exact) mass is 315 g/mol. The number of amides is 1. The highest BCUT2D eigenvalue weighted by Crippen LogP contribution is 2.21. The zero-order valence-electron chi connectivity index (χ0n) is 13.6. The Balaban J connectivity index is 0.00000191. The zero-order chi connectivity index (χ0) is 16.6. The third kappa shape index (κ3) is 7.70. The highest BCUT2D eigenvalue weighted by Gasteiger charge is 2.16. The number of nitrogens with one attached hydrogen (secondary N) is 1. The number of carbonyl (C=O) groups excluding carboxylic acids is 1. The lowest BCUT2D eigenvalue weighted by Gasteiger charge is -2.12. The van der Waals surface area contributed by atoms with Gasteiger partial charge in [-0.2, -0.15) is 8.42 Å². The largest absolute Gasteiger partial charge is 0.382 e. The van der Waals surface area contributed by atoms with E-state index in [4.69, 9.17) is 4.18 Å². The van der Waals surface area contributed by atoms with Crippen molar-refractivity contribution in [2.24, 2.45) is 5.92 Å². The molecular weight excluding hydrogens is 290 g/mol. The first kappa shape index (κ1) is 19.4. The summed E-state index contributed by atoms with van der Waals surface area (Å²) in [6.45, 7) is 10.3. The van der Waals surface area contributed by atoms with Crippen LogP contribution in [0.3, 0.4) is 0 Å². The van der Waals surface area contributed by atoms with Gasteiger partial charge >= 0.3 is 10.1 Å². The second-order valence-electron chi connectivity index (χ2n) is 4.89. The van der Waals surface area contributed by atoms with Crippen LogP contribution in [0.5, 0.6) is 5.75 Å². The lowest BCUT2D eigenvalue weighted by molar-refractivity contribution is 0.0947. The minimum Gasteiger partial charge on any atom is -0.382 e. The Hall–Kier alpha value is -1.56. The summed E-state index contributed by atoms with van der Waals surface area (Å²) in [6, 6.07) is 4.79. The van der Waals surface area contributed by atoms with E-state index in [-0.39, 0.29) is 17.2 Å². The molecule has 1 aromatic rings. The molecule has 6 heteroatoms. The van der Waals surface area contributed by atoms with Crippen molar-refractivity contribution in [2.75, 3.05) is 12.8 Å². The van der Waals surface area contributed by atoms with Gasteiger partial charge in [-0.05, 0) is 25.0 Å². The molecule has 0 aliphatic carbocycles. The van der Waals surface area contributed by atoms with Crippen LogP contribution in [-0.4, -0.2) is 27.1 Å². The number of aryl methyl sites for hydroxylation is 1. The van der Waals surface area contributed by atoms with E-state index in [1.54, 1.807) is 12.1 Å². The highest BCUT2D eigenvalue weighted by atomic mass is 32.2. The number of benzene rings is 1. The van der Waals surface area contributed by atoms with E-state index in [1.807, 2.05) is 34.6 Å². The summed E-state index contributed by atoms with van der Waals surface area (Å²) in [6.07, 6.45) is 0.947. The summed E-state index contributed by atoms with van der Waals surface area (Å²) in [5, 5.41) is 2.74. The van der Waals surface area contributed by atoms with Crippen molar-refractivity contribution in [1.29, 1.82) is 0 Å². The molecule has 1 N–H and O–H groups in total. The normalized spacial score (nSPS) is 10.6. The second kappa shape index (κ2) is 8.67. The van der Waals surface area contributed by atoms with Gasteiger partial charge in [-0.1, -0.05) is 39.3 Å². The van der Waals surface area contributed by atoms with E-state index in [0.29, 0.717) is 12.5 Å². The molecule has 21 heavy (non-hydrogen) atoms. The van der Waals surface area contributed by atoms with Gasteiger partial charge in [0.1, 0.15) is 0 Å². The zero-order valence-corrected chi connectivity index (χ0v) is 14.4. The lowest BCUT2D eigenvalue weighted by atomic mass is 10.1. The van der Waals surface area contributed by atoms with E-state index in [9.17, 15) is 13.2 Å². The molecule has 0 spiro atoms. The first-order valence-corrected chi connectivity index (χ1v) is 8.79. The standard InChI is InChI=1S/C13H19NO4S.C2H6/c1-9(2)8-14-13(15)11-7-10(3)5-6-12(11)18-19(4,16)17;1-2/h5-7,9H,8H2,1-4H3,(H,14,15);1-2H3. The van der Waals surface area contributed by atoms with E-state index >= 15 is 0 Å². The Bertz CT molecular complexity index is 565. The van der Waals surface area contributed by atoms with Crippen molar-refractivity contribution in [1.82, 2.24) is 5.32 Å². The molecule has 0 heterocycles. The number of hydrogen-bond acceptors (Lipinski definition) is 4. The van der Waals surface area contributed by atoms with E-state index in [2.05, 4.69) is 5.32 Å². The van der Waals surface area contributed by atoms with Crippen LogP contribution >= 0.6 is 0 Å². The van der Waals surface area contributed by atoms with E-state index in [0.717, 1.165) is 11.8 Å². The molecule has 0 saturated heterocycles. The van der Waals surface area contributed by atoms with Gasteiger partial charge in [0, 0.05) is 6.54 Å². The molecule has 0 fully saturated rings. The van der Waals surface area contributed by atoms with Crippen LogP contribution in [0, 0.1) is 12.8 Å². The Morgan fingerprint density at radius 1 is 1.29 bits per heavy atom. The molecule has 1 aromatic carbocycles. The first-order chi connectivity index (χ1) is 9.69. The maximum Gasteiger partial charge on any atom is 0.306 e. The van der Waals surface area contributed by atoms with Crippen molar-refractivity contribution in [2.45, 2.75) is 34.6 Å². The Kier molecular flexibility index (Phi) is 8.02. The van der Waals surface area contributed by atoms with Gasteiger partial charge < -0.3 is 9.50 Å². The van der Waals surface area contributed by atoms with Gasteiger partial charge in [0.15, 0.2) is 5.75 Å². The third-order valence-electron chi connectivity index (χ3n) is 2.29. The molecule has 0 atom stereocenters. The van der Waals surface area contributed by atoms with Crippen molar-refractivity contribution < 1.29 is 17.4 Å². The van der Waals surface area contributed by atoms with Crippen molar-refractivity contribution in [3.63, 3.8) is 0 Å². The van der Waals surface area contributed by atoms with E-state index in [1.165, 1.54) is 6.07 Å². The first-order valence-electron chi connectivity index (χ1n) is 6.97. The summed E-state index contributed by atoms with van der Waals surface area (Å²) in [5.41, 5.74) is 1.08. The summed E-state index contributed by atoms with van der Waals surface area (Å²) in [4.78, 5) is 12.0. The quantitative estimate of drug-likeness (QED) is 0.848. The second-order valence-corrected chi connectivity index (χ2v) is 6.47. The van der Waals surface area contributed by atoms with Crippen LogP contribution in [-0.2, 0) is 10.1 Å². The lowest BCUT2D eigenvalue weighted by Crippen LogP contribution is -2.28. The minimum atomic E-state index is -3.66. The molecule has 0 aromatic heterocycles. The fourth-order valence-corrected chi connectivity index (χ4v) is 1.92. The predicted octanol–water partition coefficient (Wildman–Crippen LogP) is 2.75. The van der Waals surface area contributed by atoms with Gasteiger partial charge in [0.05, 0.1) is 11.8 Å². The molecule has 1 amide bonds. The van der Waals surface area contributed by atoms with Crippen molar-refractivity contribution in [3.8, 4) is 5.75 Å². The van der Waals surface area contributed by atoms with Gasteiger partial charge in [0.2, 0.25) is 0 Å². The smallest absolute Gasteiger partial charge is 0.306 e. The molecule has 0 aliphatic heterocycles. The van der Waals surface area contributed by atoms with E-state index < -0.39 is 10.1 Å². The highest BCUT2D eigenvalue weighted by molar-refractivity contribution is 7.86. The fraction of sp³-hybridized carbons (Fsp3) is 0.533. The SMILES string of the molecule is CC.Cc1ccc(OS(C)(=O)=O)c(C(=O)NCC(C)C)c1. The summed E-state index contributed by atoms with van der Waals surface area (Å²) >= 11 is 0. The van der Waals surface area contributed by atoms with Gasteiger partial charge in [0.25, 0.3) is 5.91 Å². The third-order valence-corrected chi connectivity index (χ3v) is 2.77. The predicted molar refractivity (Wildman–Crippen MR) is 85.2 cm³/mol. The van der Waals surface area contributed by atoms with Crippen LogP contribution in [0.4, 0.5) is 0 Å². The maximum atomic E-state index is 12.0. The maximum absolute atomic E-state index is 12.0. The molecule has 0 saturated carbocycles. The van der Waals surface area contributed by atoms with Crippen LogP contribution < -0.4 is 9.50 Å². The Morgan fingerprint density at radius 2 is 1.86 bits per heavy atom. The number of rotatable bonds is 5. The molecule has 0 radical (unpaired) electrons. The molecule has 120 valence electrons. The Labute approximate surface area is 127 Å². The minimum absolute atomic E-state index is 0.0503. The molecular formula is C15H25NO4S. The van der Waals surface area contributed by atoms with Gasteiger partial charge in [-0.3, -0.25) is 4.79 Å². The summed E-state index contributed by atoms with van der Waals surface area (Å²) in [7, 11) is -3.66. The number of carbonyl (C=O) groups is 1. The van der Waals surface area contributed by atoms with Crippen LogP contribution in [0.2, 0.25) is 0 Å². The fourth-order valence-electron chi connectivity index (χ4n) is 1.45. The number of hydrogen-bond donors (Lipinski definition) is 1. The molecule has 5 nitrogen and oxygen atoms in total. The molecule has 0 aliphatic rings. The van der Waals surface area contributed by atoms with Gasteiger partial charge in [-0.25, -0.2) is 0 Å². The van der Waals surface area contributed by atoms with Crippen LogP contribution in [0.25, 0.3) is 0 Å². The molecule has 1 rings (SSSR count). The van der Waals surface area contributed by atoms with Crippen molar-refractivity contribution >= 4 is 16.0 Å². The molecule has 0 unspecified atom stereocenters. The van der Waals surface area contributed by atoms with Crippen LogP contribution in [0.15, 0.2) is 18.2 Å². The van der Waals surface area contributed by atoms with Crippen molar-refractivity contribution in [3.05, 3.63) is 29.3 Å².